The first-order valence-corrected chi connectivity index (χ1v) is 8.51. The Morgan fingerprint density at radius 3 is 2.95 bits per heavy atom. The number of hydrogen-bond acceptors (Lipinski definition) is 6. The molecule has 1 aliphatic rings. The second kappa shape index (κ2) is 7.17. The van der Waals surface area contributed by atoms with Gasteiger partial charge in [0.25, 0.3) is 0 Å². The second-order valence-electron chi connectivity index (χ2n) is 5.71. The van der Waals surface area contributed by atoms with Crippen LogP contribution in [0.25, 0.3) is 0 Å². The highest BCUT2D eigenvalue weighted by atomic mass is 32.1. The van der Waals surface area contributed by atoms with Gasteiger partial charge in [-0.3, -0.25) is 0 Å². The summed E-state index contributed by atoms with van der Waals surface area (Å²) >= 11 is 1.78. The first-order valence-electron chi connectivity index (χ1n) is 7.63. The highest BCUT2D eigenvalue weighted by molar-refractivity contribution is 7.09. The van der Waals surface area contributed by atoms with E-state index in [2.05, 4.69) is 38.9 Å². The fourth-order valence-corrected chi connectivity index (χ4v) is 3.39. The Kier molecular flexibility index (Phi) is 5.02. The van der Waals surface area contributed by atoms with Gasteiger partial charge < -0.3 is 15.8 Å². The van der Waals surface area contributed by atoms with Gasteiger partial charge in [0.2, 0.25) is 0 Å². The zero-order chi connectivity index (χ0) is 15.4. The number of nitrogens with one attached hydrogen (secondary N) is 1. The molecule has 2 aromatic heterocycles. The lowest BCUT2D eigenvalue weighted by molar-refractivity contribution is 0.177. The van der Waals surface area contributed by atoms with Crippen molar-refractivity contribution in [3.8, 4) is 0 Å². The third-order valence-corrected chi connectivity index (χ3v) is 4.85. The Labute approximate surface area is 134 Å². The van der Waals surface area contributed by atoms with Gasteiger partial charge in [-0.05, 0) is 30.7 Å². The fourth-order valence-electron chi connectivity index (χ4n) is 2.68. The number of rotatable bonds is 7. The van der Waals surface area contributed by atoms with Crippen molar-refractivity contribution >= 4 is 17.2 Å². The van der Waals surface area contributed by atoms with Crippen molar-refractivity contribution in [1.82, 2.24) is 9.97 Å². The summed E-state index contributed by atoms with van der Waals surface area (Å²) in [5.41, 5.74) is 6.98. The molecule has 0 spiro atoms. The van der Waals surface area contributed by atoms with E-state index < -0.39 is 0 Å². The molecular weight excluding hydrogens is 296 g/mol. The molecule has 22 heavy (non-hydrogen) atoms. The van der Waals surface area contributed by atoms with E-state index in [-0.39, 0.29) is 0 Å². The van der Waals surface area contributed by atoms with Gasteiger partial charge >= 0.3 is 0 Å². The standard InChI is InChI=1S/C16H22N4OS/c1-21-10-16-19-14(11-7-12(17)8-11)9-15(20-16)18-5-4-13-3-2-6-22-13/h2-3,6,9,11-12H,4-5,7-8,10,17H2,1H3,(H,18,19,20). The Morgan fingerprint density at radius 1 is 1.41 bits per heavy atom. The van der Waals surface area contributed by atoms with Crippen LogP contribution >= 0.6 is 11.3 Å². The van der Waals surface area contributed by atoms with Crippen LogP contribution in [0.2, 0.25) is 0 Å². The molecule has 0 aliphatic heterocycles. The summed E-state index contributed by atoms with van der Waals surface area (Å²) in [4.78, 5) is 10.5. The molecule has 5 nitrogen and oxygen atoms in total. The first-order chi connectivity index (χ1) is 10.7. The summed E-state index contributed by atoms with van der Waals surface area (Å²) in [6, 6.07) is 6.62. The van der Waals surface area contributed by atoms with Crippen LogP contribution in [0.5, 0.6) is 0 Å². The molecule has 0 saturated heterocycles. The minimum atomic E-state index is 0.320. The predicted octanol–water partition coefficient (Wildman–Crippen LogP) is 2.54. The molecule has 3 N–H and O–H groups in total. The number of ether oxygens (including phenoxy) is 1. The lowest BCUT2D eigenvalue weighted by atomic mass is 9.78. The average molecular weight is 318 g/mol. The van der Waals surface area contributed by atoms with Gasteiger partial charge in [0, 0.05) is 42.3 Å². The van der Waals surface area contributed by atoms with Crippen LogP contribution in [0, 0.1) is 0 Å². The number of anilines is 1. The SMILES string of the molecule is COCc1nc(NCCc2cccs2)cc(C2CC(N)C2)n1. The zero-order valence-electron chi connectivity index (χ0n) is 12.8. The largest absolute Gasteiger partial charge is 0.377 e. The van der Waals surface area contributed by atoms with Gasteiger partial charge in [0.15, 0.2) is 5.82 Å². The maximum Gasteiger partial charge on any atom is 0.156 e. The van der Waals surface area contributed by atoms with Crippen molar-refractivity contribution < 1.29 is 4.74 Å². The van der Waals surface area contributed by atoms with E-state index in [0.717, 1.165) is 43.1 Å². The number of nitrogens with zero attached hydrogens (tertiary/aromatic N) is 2. The molecule has 0 atom stereocenters. The van der Waals surface area contributed by atoms with Crippen LogP contribution in [-0.4, -0.2) is 29.7 Å². The molecular formula is C16H22N4OS. The summed E-state index contributed by atoms with van der Waals surface area (Å²) in [7, 11) is 1.67. The highest BCUT2D eigenvalue weighted by Crippen LogP contribution is 2.35. The third-order valence-electron chi connectivity index (χ3n) is 3.92. The molecule has 6 heteroatoms. The van der Waals surface area contributed by atoms with E-state index in [1.54, 1.807) is 18.4 Å². The Bertz CT molecular complexity index is 596. The summed E-state index contributed by atoms with van der Waals surface area (Å²) in [5.74, 6) is 2.08. The summed E-state index contributed by atoms with van der Waals surface area (Å²) < 4.78 is 5.18. The van der Waals surface area contributed by atoms with Gasteiger partial charge in [-0.2, -0.15) is 0 Å². The van der Waals surface area contributed by atoms with E-state index in [9.17, 15) is 0 Å². The summed E-state index contributed by atoms with van der Waals surface area (Å²) in [6.45, 7) is 1.31. The van der Waals surface area contributed by atoms with Gasteiger partial charge in [-0.1, -0.05) is 6.07 Å². The molecule has 2 aromatic rings. The second-order valence-corrected chi connectivity index (χ2v) is 6.74. The van der Waals surface area contributed by atoms with E-state index in [1.165, 1.54) is 4.88 Å². The van der Waals surface area contributed by atoms with Crippen molar-refractivity contribution in [1.29, 1.82) is 0 Å². The molecule has 0 amide bonds. The van der Waals surface area contributed by atoms with Crippen LogP contribution in [0.1, 0.15) is 35.2 Å². The van der Waals surface area contributed by atoms with Crippen LogP contribution in [-0.2, 0) is 17.8 Å². The number of thiophene rings is 1. The molecule has 2 heterocycles. The van der Waals surface area contributed by atoms with Crippen LogP contribution in [0.15, 0.2) is 23.6 Å². The Morgan fingerprint density at radius 2 is 2.27 bits per heavy atom. The van der Waals surface area contributed by atoms with Crippen LogP contribution < -0.4 is 11.1 Å². The summed E-state index contributed by atoms with van der Waals surface area (Å²) in [5, 5.41) is 5.51. The molecule has 1 fully saturated rings. The van der Waals surface area contributed by atoms with Gasteiger partial charge in [0.1, 0.15) is 12.4 Å². The lowest BCUT2D eigenvalue weighted by Crippen LogP contribution is -2.35. The number of hydrogen-bond donors (Lipinski definition) is 2. The predicted molar refractivity (Wildman–Crippen MR) is 89.2 cm³/mol. The van der Waals surface area contributed by atoms with Crippen molar-refractivity contribution in [3.05, 3.63) is 40.0 Å². The molecule has 1 saturated carbocycles. The molecule has 118 valence electrons. The number of methoxy groups -OCH3 is 1. The smallest absolute Gasteiger partial charge is 0.156 e. The molecule has 0 radical (unpaired) electrons. The third kappa shape index (κ3) is 3.82. The maximum atomic E-state index is 5.89. The topological polar surface area (TPSA) is 73.1 Å². The zero-order valence-corrected chi connectivity index (χ0v) is 13.6. The van der Waals surface area contributed by atoms with Crippen molar-refractivity contribution in [2.24, 2.45) is 5.73 Å². The molecule has 3 rings (SSSR count). The van der Waals surface area contributed by atoms with Crippen LogP contribution in [0.3, 0.4) is 0 Å². The van der Waals surface area contributed by atoms with E-state index in [4.69, 9.17) is 10.5 Å². The van der Waals surface area contributed by atoms with Crippen molar-refractivity contribution in [2.75, 3.05) is 19.0 Å². The maximum absolute atomic E-state index is 5.89. The fraction of sp³-hybridized carbons (Fsp3) is 0.500. The average Bonchev–Trinajstić information content (AvgIpc) is 2.97. The van der Waals surface area contributed by atoms with E-state index in [1.807, 2.05) is 0 Å². The van der Waals surface area contributed by atoms with Crippen molar-refractivity contribution in [2.45, 2.75) is 37.8 Å². The molecule has 1 aliphatic carbocycles. The molecule has 0 unspecified atom stereocenters. The van der Waals surface area contributed by atoms with E-state index in [0.29, 0.717) is 18.6 Å². The van der Waals surface area contributed by atoms with E-state index >= 15 is 0 Å². The minimum absolute atomic E-state index is 0.320. The molecule has 0 aromatic carbocycles. The van der Waals surface area contributed by atoms with Crippen molar-refractivity contribution in [3.63, 3.8) is 0 Å². The number of aromatic nitrogens is 2. The Hall–Kier alpha value is -1.50. The van der Waals surface area contributed by atoms with Gasteiger partial charge in [-0.15, -0.1) is 11.3 Å². The highest BCUT2D eigenvalue weighted by Gasteiger charge is 2.29. The Balaban J connectivity index is 1.65. The van der Waals surface area contributed by atoms with Gasteiger partial charge in [0.05, 0.1) is 0 Å². The van der Waals surface area contributed by atoms with Gasteiger partial charge in [-0.25, -0.2) is 9.97 Å². The van der Waals surface area contributed by atoms with Crippen LogP contribution in [0.4, 0.5) is 5.82 Å². The lowest BCUT2D eigenvalue weighted by Gasteiger charge is -2.32. The molecule has 0 bridgehead atoms. The number of nitrogens with two attached hydrogens (primary N) is 1. The monoisotopic (exact) mass is 318 g/mol. The first kappa shape index (κ1) is 15.4. The summed E-state index contributed by atoms with van der Waals surface area (Å²) in [6.07, 6.45) is 3.03. The minimum Gasteiger partial charge on any atom is -0.377 e. The normalized spacial score (nSPS) is 20.6. The quantitative estimate of drug-likeness (QED) is 0.821.